The fourth-order valence-corrected chi connectivity index (χ4v) is 1.44. The van der Waals surface area contributed by atoms with Crippen molar-refractivity contribution in [1.82, 2.24) is 14.8 Å². The average Bonchev–Trinajstić information content (AvgIpc) is 2.84. The van der Waals surface area contributed by atoms with Crippen LogP contribution in [0, 0.1) is 0 Å². The van der Waals surface area contributed by atoms with Gasteiger partial charge in [0.05, 0.1) is 35.9 Å². The lowest BCUT2D eigenvalue weighted by molar-refractivity contribution is -0.212. The standard InChI is InChI=1S/C11H8F6N4/c12-10(13,14)7-1-2-8(18-3-7)4-19-9-5-20-21(6-9)11(15,16)17/h1-3,5-6,19H,4H2. The molecular formula is C11H8F6N4. The summed E-state index contributed by atoms with van der Waals surface area (Å²) in [5.74, 6) is 0. The summed E-state index contributed by atoms with van der Waals surface area (Å²) < 4.78 is 73.6. The van der Waals surface area contributed by atoms with Crippen LogP contribution in [-0.4, -0.2) is 14.8 Å². The summed E-state index contributed by atoms with van der Waals surface area (Å²) in [5, 5.41) is 5.69. The number of nitrogens with zero attached hydrogens (tertiary/aromatic N) is 3. The summed E-state index contributed by atoms with van der Waals surface area (Å²) in [7, 11) is 0. The third-order valence-corrected chi connectivity index (χ3v) is 2.47. The van der Waals surface area contributed by atoms with Gasteiger partial charge in [0.2, 0.25) is 0 Å². The van der Waals surface area contributed by atoms with E-state index in [-0.39, 0.29) is 22.6 Å². The fraction of sp³-hybridized carbons (Fsp3) is 0.273. The summed E-state index contributed by atoms with van der Waals surface area (Å²) in [4.78, 5) is 3.58. The first kappa shape index (κ1) is 15.1. The number of rotatable bonds is 3. The number of hydrogen-bond donors (Lipinski definition) is 1. The van der Waals surface area contributed by atoms with Gasteiger partial charge in [-0.2, -0.15) is 23.0 Å². The van der Waals surface area contributed by atoms with Crippen molar-refractivity contribution in [1.29, 1.82) is 0 Å². The van der Waals surface area contributed by atoms with Crippen molar-refractivity contribution < 1.29 is 26.3 Å². The molecule has 0 aliphatic rings. The second-order valence-corrected chi connectivity index (χ2v) is 4.03. The van der Waals surface area contributed by atoms with Gasteiger partial charge < -0.3 is 5.32 Å². The van der Waals surface area contributed by atoms with Crippen LogP contribution in [0.3, 0.4) is 0 Å². The Labute approximate surface area is 114 Å². The zero-order valence-corrected chi connectivity index (χ0v) is 10.2. The molecule has 0 aliphatic heterocycles. The molecule has 4 nitrogen and oxygen atoms in total. The lowest BCUT2D eigenvalue weighted by atomic mass is 10.2. The van der Waals surface area contributed by atoms with Crippen molar-refractivity contribution in [3.8, 4) is 0 Å². The third-order valence-electron chi connectivity index (χ3n) is 2.47. The van der Waals surface area contributed by atoms with Gasteiger partial charge in [-0.05, 0) is 12.1 Å². The molecule has 0 saturated heterocycles. The predicted octanol–water partition coefficient (Wildman–Crippen LogP) is 3.39. The van der Waals surface area contributed by atoms with Crippen LogP contribution < -0.4 is 5.32 Å². The van der Waals surface area contributed by atoms with E-state index in [0.29, 0.717) is 6.20 Å². The highest BCUT2D eigenvalue weighted by Gasteiger charge is 2.32. The first-order chi connectivity index (χ1) is 9.66. The van der Waals surface area contributed by atoms with Gasteiger partial charge in [-0.15, -0.1) is 13.2 Å². The maximum atomic E-state index is 12.3. The zero-order chi connectivity index (χ0) is 15.7. The smallest absolute Gasteiger partial charge is 0.377 e. The van der Waals surface area contributed by atoms with Crippen LogP contribution in [0.25, 0.3) is 0 Å². The minimum atomic E-state index is -4.62. The zero-order valence-electron chi connectivity index (χ0n) is 10.2. The number of anilines is 1. The van der Waals surface area contributed by atoms with Gasteiger partial charge in [-0.1, -0.05) is 0 Å². The lowest BCUT2D eigenvalue weighted by Gasteiger charge is -2.07. The Balaban J connectivity index is 1.99. The Morgan fingerprint density at radius 1 is 1.05 bits per heavy atom. The van der Waals surface area contributed by atoms with E-state index in [1.165, 1.54) is 0 Å². The van der Waals surface area contributed by atoms with Gasteiger partial charge in [-0.25, -0.2) is 0 Å². The van der Waals surface area contributed by atoms with E-state index in [1.54, 1.807) is 0 Å². The summed E-state index contributed by atoms with van der Waals surface area (Å²) >= 11 is 0. The molecule has 0 unspecified atom stereocenters. The fourth-order valence-electron chi connectivity index (χ4n) is 1.44. The van der Waals surface area contributed by atoms with E-state index in [9.17, 15) is 26.3 Å². The number of halogens is 6. The van der Waals surface area contributed by atoms with Gasteiger partial charge in [0.15, 0.2) is 0 Å². The van der Waals surface area contributed by atoms with Crippen molar-refractivity contribution in [2.24, 2.45) is 0 Å². The van der Waals surface area contributed by atoms with Crippen molar-refractivity contribution in [2.75, 3.05) is 5.32 Å². The molecule has 0 bridgehead atoms. The van der Waals surface area contributed by atoms with Crippen LogP contribution in [0.1, 0.15) is 11.3 Å². The molecule has 0 aliphatic carbocycles. The second-order valence-electron chi connectivity index (χ2n) is 4.03. The van der Waals surface area contributed by atoms with Crippen LogP contribution in [-0.2, 0) is 19.0 Å². The number of alkyl halides is 6. The largest absolute Gasteiger partial charge is 0.504 e. The number of aromatic nitrogens is 3. The molecule has 114 valence electrons. The molecule has 21 heavy (non-hydrogen) atoms. The monoisotopic (exact) mass is 310 g/mol. The highest BCUT2D eigenvalue weighted by atomic mass is 19.4. The van der Waals surface area contributed by atoms with Crippen LogP contribution in [0.15, 0.2) is 30.7 Å². The van der Waals surface area contributed by atoms with Gasteiger partial charge in [0.25, 0.3) is 0 Å². The van der Waals surface area contributed by atoms with Crippen molar-refractivity contribution in [2.45, 2.75) is 19.0 Å². The Morgan fingerprint density at radius 3 is 2.24 bits per heavy atom. The summed E-state index contributed by atoms with van der Waals surface area (Å²) in [6, 6.07) is 1.99. The average molecular weight is 310 g/mol. The topological polar surface area (TPSA) is 42.7 Å². The molecule has 2 heterocycles. The summed E-state index contributed by atoms with van der Waals surface area (Å²) in [5.41, 5.74) is -0.562. The number of pyridine rings is 1. The molecule has 0 spiro atoms. The van der Waals surface area contributed by atoms with E-state index >= 15 is 0 Å². The molecule has 0 radical (unpaired) electrons. The molecule has 0 aromatic carbocycles. The highest BCUT2D eigenvalue weighted by Crippen LogP contribution is 2.28. The quantitative estimate of drug-likeness (QED) is 0.884. The van der Waals surface area contributed by atoms with Crippen LogP contribution in [0.5, 0.6) is 0 Å². The molecule has 0 fully saturated rings. The van der Waals surface area contributed by atoms with Gasteiger partial charge in [-0.3, -0.25) is 4.98 Å². The van der Waals surface area contributed by atoms with Crippen molar-refractivity contribution >= 4 is 5.69 Å². The minimum Gasteiger partial charge on any atom is -0.377 e. The Morgan fingerprint density at radius 2 is 1.76 bits per heavy atom. The van der Waals surface area contributed by atoms with E-state index in [0.717, 1.165) is 24.5 Å². The van der Waals surface area contributed by atoms with E-state index in [1.807, 2.05) is 0 Å². The van der Waals surface area contributed by atoms with Crippen LogP contribution >= 0.6 is 0 Å². The molecule has 10 heteroatoms. The molecule has 2 rings (SSSR count). The molecule has 0 atom stereocenters. The second kappa shape index (κ2) is 5.26. The lowest BCUT2D eigenvalue weighted by Crippen LogP contribution is -2.16. The summed E-state index contributed by atoms with van der Waals surface area (Å²) in [6.45, 7) is -0.0261. The first-order valence-electron chi connectivity index (χ1n) is 5.54. The molecule has 1 N–H and O–H groups in total. The van der Waals surface area contributed by atoms with Crippen LogP contribution in [0.4, 0.5) is 32.0 Å². The Hall–Kier alpha value is -2.26. The minimum absolute atomic E-state index is 0.0261. The van der Waals surface area contributed by atoms with Crippen LogP contribution in [0.2, 0.25) is 0 Å². The third kappa shape index (κ3) is 3.86. The maximum absolute atomic E-state index is 12.3. The van der Waals surface area contributed by atoms with E-state index in [2.05, 4.69) is 15.4 Å². The Kier molecular flexibility index (Phi) is 3.79. The van der Waals surface area contributed by atoms with Crippen molar-refractivity contribution in [3.05, 3.63) is 42.0 Å². The molecule has 0 saturated carbocycles. The highest BCUT2D eigenvalue weighted by molar-refractivity contribution is 5.38. The molecule has 2 aromatic rings. The van der Waals surface area contributed by atoms with Gasteiger partial charge in [0, 0.05) is 6.20 Å². The molecule has 0 amide bonds. The Bertz CT molecular complexity index is 598. The SMILES string of the molecule is FC(F)(F)c1ccc(CNc2cnn(C(F)(F)F)c2)nc1. The van der Waals surface area contributed by atoms with Crippen molar-refractivity contribution in [3.63, 3.8) is 0 Å². The maximum Gasteiger partial charge on any atom is 0.504 e. The number of nitrogens with one attached hydrogen (secondary N) is 1. The normalized spacial score (nSPS) is 12.5. The predicted molar refractivity (Wildman–Crippen MR) is 60.1 cm³/mol. The number of hydrogen-bond acceptors (Lipinski definition) is 3. The van der Waals surface area contributed by atoms with Gasteiger partial charge >= 0.3 is 12.5 Å². The first-order valence-corrected chi connectivity index (χ1v) is 5.54. The van der Waals surface area contributed by atoms with E-state index < -0.39 is 18.0 Å². The molecule has 2 aromatic heterocycles. The van der Waals surface area contributed by atoms with Gasteiger partial charge in [0.1, 0.15) is 0 Å². The summed E-state index contributed by atoms with van der Waals surface area (Å²) in [6.07, 6.45) is -6.75. The molecular weight excluding hydrogens is 302 g/mol. The van der Waals surface area contributed by atoms with E-state index in [4.69, 9.17) is 0 Å².